The number of nitrogens with one attached hydrogen (secondary N) is 1. The first-order valence-electron chi connectivity index (χ1n) is 8.35. The minimum absolute atomic E-state index is 0.463. The second-order valence-electron chi connectivity index (χ2n) is 6.06. The average Bonchev–Trinajstić information content (AvgIpc) is 2.69. The molecule has 1 amide bonds. The Morgan fingerprint density at radius 2 is 1.31 bits per heavy atom. The van der Waals surface area contributed by atoms with Crippen LogP contribution in [0.3, 0.4) is 0 Å². The molecule has 3 rings (SSSR count). The molecule has 0 bridgehead atoms. The highest BCUT2D eigenvalue weighted by Gasteiger charge is 2.22. The van der Waals surface area contributed by atoms with E-state index in [1.165, 1.54) is 5.56 Å². The van der Waals surface area contributed by atoms with Gasteiger partial charge in [-0.25, -0.2) is 5.48 Å². The van der Waals surface area contributed by atoms with Crippen molar-refractivity contribution < 1.29 is 10.0 Å². The van der Waals surface area contributed by atoms with Gasteiger partial charge < -0.3 is 0 Å². The first kappa shape index (κ1) is 17.5. The Bertz CT molecular complexity index is 933. The Balaban J connectivity index is 1.85. The summed E-state index contributed by atoms with van der Waals surface area (Å²) in [4.78, 5) is 12.1. The molecule has 0 heterocycles. The lowest BCUT2D eigenvalue weighted by Gasteiger charge is -2.15. The number of amides is 1. The van der Waals surface area contributed by atoms with Crippen LogP contribution in [0, 0.1) is 18.8 Å². The van der Waals surface area contributed by atoms with Crippen molar-refractivity contribution in [3.8, 4) is 11.8 Å². The lowest BCUT2D eigenvalue weighted by molar-refractivity contribution is -0.129. The number of hydroxylamine groups is 1. The molecule has 0 aliphatic rings. The molecule has 3 heteroatoms. The van der Waals surface area contributed by atoms with E-state index in [0.29, 0.717) is 0 Å². The number of aryl methyl sites for hydroxylation is 1. The van der Waals surface area contributed by atoms with E-state index in [1.807, 2.05) is 85.8 Å². The molecule has 1 unspecified atom stereocenters. The molecule has 3 aromatic carbocycles. The fraction of sp³-hybridized carbons (Fsp3) is 0.0870. The van der Waals surface area contributed by atoms with Gasteiger partial charge in [-0.2, -0.15) is 0 Å². The molecule has 0 spiro atoms. The minimum atomic E-state index is -0.569. The maximum absolute atomic E-state index is 12.1. The molecule has 0 radical (unpaired) electrons. The molecule has 0 aromatic heterocycles. The summed E-state index contributed by atoms with van der Waals surface area (Å²) in [6, 6.07) is 24.9. The maximum Gasteiger partial charge on any atom is 0.255 e. The van der Waals surface area contributed by atoms with Gasteiger partial charge in [0.25, 0.3) is 5.91 Å². The lowest BCUT2D eigenvalue weighted by atomic mass is 9.90. The van der Waals surface area contributed by atoms with Crippen LogP contribution in [0.25, 0.3) is 0 Å². The predicted molar refractivity (Wildman–Crippen MR) is 102 cm³/mol. The number of benzene rings is 3. The third-order valence-corrected chi connectivity index (χ3v) is 4.15. The van der Waals surface area contributed by atoms with E-state index in [1.54, 1.807) is 5.48 Å². The van der Waals surface area contributed by atoms with E-state index in [9.17, 15) is 4.79 Å². The van der Waals surface area contributed by atoms with E-state index in [4.69, 9.17) is 5.21 Å². The minimum Gasteiger partial charge on any atom is -0.289 e. The van der Waals surface area contributed by atoms with Crippen molar-refractivity contribution in [1.29, 1.82) is 0 Å². The number of hydrogen-bond acceptors (Lipinski definition) is 2. The Labute approximate surface area is 153 Å². The van der Waals surface area contributed by atoms with Crippen molar-refractivity contribution in [2.75, 3.05) is 0 Å². The molecule has 3 nitrogen and oxygen atoms in total. The molecule has 26 heavy (non-hydrogen) atoms. The molecule has 0 aliphatic carbocycles. The summed E-state index contributed by atoms with van der Waals surface area (Å²) in [5.41, 5.74) is 6.40. The van der Waals surface area contributed by atoms with E-state index >= 15 is 0 Å². The quantitative estimate of drug-likeness (QED) is 0.429. The van der Waals surface area contributed by atoms with Crippen molar-refractivity contribution in [3.05, 3.63) is 107 Å². The van der Waals surface area contributed by atoms with Crippen molar-refractivity contribution in [2.24, 2.45) is 0 Å². The molecular weight excluding hydrogens is 322 g/mol. The molecule has 1 atom stereocenters. The number of carbonyl (C=O) groups is 1. The van der Waals surface area contributed by atoms with Gasteiger partial charge in [-0.15, -0.1) is 0 Å². The molecule has 128 valence electrons. The highest BCUT2D eigenvalue weighted by Crippen LogP contribution is 2.25. The van der Waals surface area contributed by atoms with E-state index < -0.39 is 11.8 Å². The fourth-order valence-corrected chi connectivity index (χ4v) is 2.75. The van der Waals surface area contributed by atoms with E-state index in [-0.39, 0.29) is 0 Å². The molecule has 0 fully saturated rings. The van der Waals surface area contributed by atoms with Crippen LogP contribution >= 0.6 is 0 Å². The van der Waals surface area contributed by atoms with Gasteiger partial charge in [0.2, 0.25) is 0 Å². The lowest BCUT2D eigenvalue weighted by Crippen LogP contribution is -2.27. The second-order valence-corrected chi connectivity index (χ2v) is 6.06. The van der Waals surface area contributed by atoms with Crippen molar-refractivity contribution in [1.82, 2.24) is 5.48 Å². The third kappa shape index (κ3) is 4.18. The molecule has 2 N–H and O–H groups in total. The monoisotopic (exact) mass is 341 g/mol. The zero-order valence-electron chi connectivity index (χ0n) is 14.4. The van der Waals surface area contributed by atoms with Gasteiger partial charge in [0.05, 0.1) is 5.92 Å². The summed E-state index contributed by atoms with van der Waals surface area (Å²) in [5, 5.41) is 9.09. The number of carbonyl (C=O) groups excluding carboxylic acids is 1. The van der Waals surface area contributed by atoms with Crippen LogP contribution in [-0.4, -0.2) is 11.1 Å². The SMILES string of the molecule is Cc1ccc(C#Cc2ccc(C(C(=O)NO)c3ccccc3)cc2)cc1. The second kappa shape index (κ2) is 8.15. The molecule has 0 saturated carbocycles. The fourth-order valence-electron chi connectivity index (χ4n) is 2.75. The molecular formula is C23H19NO2. The first-order chi connectivity index (χ1) is 12.7. The normalized spacial score (nSPS) is 11.2. The number of hydrogen-bond donors (Lipinski definition) is 2. The number of rotatable bonds is 3. The highest BCUT2D eigenvalue weighted by atomic mass is 16.5. The Morgan fingerprint density at radius 3 is 1.85 bits per heavy atom. The van der Waals surface area contributed by atoms with Crippen LogP contribution in [-0.2, 0) is 4.79 Å². The van der Waals surface area contributed by atoms with Crippen molar-refractivity contribution in [3.63, 3.8) is 0 Å². The van der Waals surface area contributed by atoms with Crippen LogP contribution in [0.5, 0.6) is 0 Å². The summed E-state index contributed by atoms with van der Waals surface area (Å²) >= 11 is 0. The molecule has 0 saturated heterocycles. The topological polar surface area (TPSA) is 49.3 Å². The van der Waals surface area contributed by atoms with E-state index in [2.05, 4.69) is 11.8 Å². The standard InChI is InChI=1S/C23H19NO2/c1-17-7-9-18(10-8-17)11-12-19-13-15-21(16-14-19)22(23(25)24-26)20-5-3-2-4-6-20/h2-10,13-16,22,26H,1H3,(H,24,25). The van der Waals surface area contributed by atoms with Crippen LogP contribution in [0.15, 0.2) is 78.9 Å². The smallest absolute Gasteiger partial charge is 0.255 e. The van der Waals surface area contributed by atoms with E-state index in [0.717, 1.165) is 22.3 Å². The zero-order chi connectivity index (χ0) is 18.4. The van der Waals surface area contributed by atoms with Gasteiger partial charge in [-0.1, -0.05) is 72.0 Å². The Hall–Kier alpha value is -3.35. The van der Waals surface area contributed by atoms with Crippen molar-refractivity contribution >= 4 is 5.91 Å². The Morgan fingerprint density at radius 1 is 0.808 bits per heavy atom. The van der Waals surface area contributed by atoms with Gasteiger partial charge in [-0.3, -0.25) is 10.0 Å². The maximum atomic E-state index is 12.1. The summed E-state index contributed by atoms with van der Waals surface area (Å²) in [6.45, 7) is 2.04. The van der Waals surface area contributed by atoms with Gasteiger partial charge >= 0.3 is 0 Å². The predicted octanol–water partition coefficient (Wildman–Crippen LogP) is 4.03. The van der Waals surface area contributed by atoms with Gasteiger partial charge in [0, 0.05) is 11.1 Å². The average molecular weight is 341 g/mol. The summed E-state index contributed by atoms with van der Waals surface area (Å²) in [6.07, 6.45) is 0. The van der Waals surface area contributed by atoms with Crippen LogP contribution in [0.4, 0.5) is 0 Å². The summed E-state index contributed by atoms with van der Waals surface area (Å²) in [7, 11) is 0. The largest absolute Gasteiger partial charge is 0.289 e. The van der Waals surface area contributed by atoms with Crippen LogP contribution < -0.4 is 5.48 Å². The third-order valence-electron chi connectivity index (χ3n) is 4.15. The molecule has 3 aromatic rings. The first-order valence-corrected chi connectivity index (χ1v) is 8.35. The van der Waals surface area contributed by atoms with Gasteiger partial charge in [0.15, 0.2) is 0 Å². The summed E-state index contributed by atoms with van der Waals surface area (Å²) < 4.78 is 0. The summed E-state index contributed by atoms with van der Waals surface area (Å²) in [5.74, 6) is 5.23. The molecule has 0 aliphatic heterocycles. The van der Waals surface area contributed by atoms with Crippen LogP contribution in [0.1, 0.15) is 33.7 Å². The zero-order valence-corrected chi connectivity index (χ0v) is 14.4. The van der Waals surface area contributed by atoms with Crippen molar-refractivity contribution in [2.45, 2.75) is 12.8 Å². The van der Waals surface area contributed by atoms with Crippen LogP contribution in [0.2, 0.25) is 0 Å². The van der Waals surface area contributed by atoms with Gasteiger partial charge in [0.1, 0.15) is 0 Å². The van der Waals surface area contributed by atoms with Gasteiger partial charge in [-0.05, 0) is 42.3 Å². The Kier molecular flexibility index (Phi) is 5.48. The highest BCUT2D eigenvalue weighted by molar-refractivity contribution is 5.86.